The van der Waals surface area contributed by atoms with E-state index in [0.717, 1.165) is 31.4 Å². The van der Waals surface area contributed by atoms with Crippen molar-refractivity contribution in [3.05, 3.63) is 29.8 Å². The third-order valence-electron chi connectivity index (χ3n) is 4.65. The Labute approximate surface area is 150 Å². The summed E-state index contributed by atoms with van der Waals surface area (Å²) in [6.45, 7) is 6.51. The van der Waals surface area contributed by atoms with Gasteiger partial charge in [0.2, 0.25) is 0 Å². The molecule has 5 heteroatoms. The van der Waals surface area contributed by atoms with Crippen LogP contribution in [-0.2, 0) is 6.42 Å². The normalized spacial score (nSPS) is 26.2. The van der Waals surface area contributed by atoms with Gasteiger partial charge in [-0.1, -0.05) is 25.1 Å². The van der Waals surface area contributed by atoms with Crippen LogP contribution in [0, 0.1) is 5.92 Å². The molecule has 1 fully saturated rings. The van der Waals surface area contributed by atoms with Crippen molar-refractivity contribution in [2.75, 3.05) is 25.0 Å². The average Bonchev–Trinajstić information content (AvgIpc) is 3.08. The van der Waals surface area contributed by atoms with Gasteiger partial charge in [0.05, 0.1) is 0 Å². The molecule has 0 spiro atoms. The number of para-hydroxylation sites is 1. The fourth-order valence-electron chi connectivity index (χ4n) is 3.16. The van der Waals surface area contributed by atoms with Crippen molar-refractivity contribution in [1.82, 2.24) is 10.6 Å². The largest absolute Gasteiger partial charge is 0.367 e. The van der Waals surface area contributed by atoms with Crippen molar-refractivity contribution in [1.29, 1.82) is 0 Å². The minimum Gasteiger partial charge on any atom is -0.367 e. The van der Waals surface area contributed by atoms with Crippen molar-refractivity contribution >= 4 is 35.6 Å². The minimum absolute atomic E-state index is 0. The van der Waals surface area contributed by atoms with E-state index in [4.69, 9.17) is 0 Å². The first-order valence-electron chi connectivity index (χ1n) is 8.00. The van der Waals surface area contributed by atoms with Crippen LogP contribution >= 0.6 is 24.0 Å². The van der Waals surface area contributed by atoms with Crippen LogP contribution in [0.1, 0.15) is 25.8 Å². The molecule has 22 heavy (non-hydrogen) atoms. The lowest BCUT2D eigenvalue weighted by molar-refractivity contribution is 0.655. The maximum absolute atomic E-state index is 4.31. The van der Waals surface area contributed by atoms with Gasteiger partial charge in [-0.2, -0.15) is 0 Å². The number of nitrogens with one attached hydrogen (secondary N) is 2. The van der Waals surface area contributed by atoms with Crippen LogP contribution in [0.15, 0.2) is 29.3 Å². The number of fused-ring (bicyclic) bond motifs is 1. The van der Waals surface area contributed by atoms with E-state index in [0.29, 0.717) is 12.1 Å². The number of nitrogens with zero attached hydrogens (tertiary/aromatic N) is 2. The molecule has 0 saturated heterocycles. The molecule has 2 N–H and O–H groups in total. The van der Waals surface area contributed by atoms with Gasteiger partial charge in [-0.05, 0) is 37.3 Å². The van der Waals surface area contributed by atoms with Crippen LogP contribution in [0.3, 0.4) is 0 Å². The molecule has 1 heterocycles. The quantitative estimate of drug-likeness (QED) is 0.452. The molecule has 0 radical (unpaired) electrons. The van der Waals surface area contributed by atoms with Crippen LogP contribution in [-0.4, -0.2) is 38.2 Å². The maximum Gasteiger partial charge on any atom is 0.191 e. The third kappa shape index (κ3) is 3.86. The highest BCUT2D eigenvalue weighted by Gasteiger charge is 2.33. The van der Waals surface area contributed by atoms with E-state index < -0.39 is 0 Å². The molecule has 3 unspecified atom stereocenters. The lowest BCUT2D eigenvalue weighted by atomic mass is 10.1. The molecule has 4 nitrogen and oxygen atoms in total. The SMILES string of the molecule is CN=C(NCCN1c2ccccc2CC1C)NC1CC1C.I. The van der Waals surface area contributed by atoms with Crippen LogP contribution in [0.25, 0.3) is 0 Å². The number of guanidine groups is 1. The molecule has 0 bridgehead atoms. The molecule has 3 atom stereocenters. The van der Waals surface area contributed by atoms with Crippen LogP contribution < -0.4 is 15.5 Å². The number of anilines is 1. The second-order valence-corrected chi connectivity index (χ2v) is 6.34. The Morgan fingerprint density at radius 1 is 1.32 bits per heavy atom. The lowest BCUT2D eigenvalue weighted by Gasteiger charge is -2.25. The summed E-state index contributed by atoms with van der Waals surface area (Å²) < 4.78 is 0. The highest BCUT2D eigenvalue weighted by molar-refractivity contribution is 14.0. The van der Waals surface area contributed by atoms with Crippen molar-refractivity contribution in [2.45, 2.75) is 38.8 Å². The monoisotopic (exact) mass is 414 g/mol. The van der Waals surface area contributed by atoms with Crippen LogP contribution in [0.5, 0.6) is 0 Å². The summed E-state index contributed by atoms with van der Waals surface area (Å²) in [6, 6.07) is 9.94. The number of hydrogen-bond donors (Lipinski definition) is 2. The van der Waals surface area contributed by atoms with E-state index in [-0.39, 0.29) is 24.0 Å². The second kappa shape index (κ2) is 7.53. The molecular weight excluding hydrogens is 387 g/mol. The van der Waals surface area contributed by atoms with Crippen molar-refractivity contribution in [3.8, 4) is 0 Å². The van der Waals surface area contributed by atoms with E-state index in [1.54, 1.807) is 0 Å². The molecule has 0 aromatic heterocycles. The van der Waals surface area contributed by atoms with Gasteiger partial charge >= 0.3 is 0 Å². The molecule has 1 aromatic rings. The zero-order chi connectivity index (χ0) is 14.8. The first kappa shape index (κ1) is 17.4. The Morgan fingerprint density at radius 3 is 2.73 bits per heavy atom. The Kier molecular flexibility index (Phi) is 5.94. The first-order valence-corrected chi connectivity index (χ1v) is 8.00. The molecule has 2 aliphatic rings. The van der Waals surface area contributed by atoms with E-state index in [9.17, 15) is 0 Å². The highest BCUT2D eigenvalue weighted by atomic mass is 127. The van der Waals surface area contributed by atoms with Gasteiger partial charge in [0, 0.05) is 37.9 Å². The second-order valence-electron chi connectivity index (χ2n) is 6.34. The number of aliphatic imine (C=N–C) groups is 1. The number of rotatable bonds is 4. The van der Waals surface area contributed by atoms with E-state index >= 15 is 0 Å². The first-order chi connectivity index (χ1) is 10.2. The summed E-state index contributed by atoms with van der Waals surface area (Å²) >= 11 is 0. The highest BCUT2D eigenvalue weighted by Crippen LogP contribution is 2.31. The molecular formula is C17H27IN4. The summed E-state index contributed by atoms with van der Waals surface area (Å²) in [7, 11) is 1.84. The van der Waals surface area contributed by atoms with Crippen molar-refractivity contribution in [2.24, 2.45) is 10.9 Å². The van der Waals surface area contributed by atoms with Gasteiger partial charge in [-0.3, -0.25) is 4.99 Å². The molecule has 1 aliphatic carbocycles. The fraction of sp³-hybridized carbons (Fsp3) is 0.588. The summed E-state index contributed by atoms with van der Waals surface area (Å²) in [6.07, 6.45) is 2.42. The number of halogens is 1. The summed E-state index contributed by atoms with van der Waals surface area (Å²) in [5.41, 5.74) is 2.87. The molecule has 1 saturated carbocycles. The minimum atomic E-state index is 0. The standard InChI is InChI=1S/C17H26N4.HI/c1-12-10-15(12)20-17(18-3)19-8-9-21-13(2)11-14-6-4-5-7-16(14)21;/h4-7,12-13,15H,8-11H2,1-3H3,(H2,18,19,20);1H. The Hall–Kier alpha value is -0.980. The van der Waals surface area contributed by atoms with Gasteiger partial charge < -0.3 is 15.5 Å². The Morgan fingerprint density at radius 2 is 2.05 bits per heavy atom. The number of hydrogen-bond acceptors (Lipinski definition) is 2. The summed E-state index contributed by atoms with van der Waals surface area (Å²) in [4.78, 5) is 6.80. The molecule has 1 aliphatic heterocycles. The van der Waals surface area contributed by atoms with Crippen molar-refractivity contribution < 1.29 is 0 Å². The number of benzene rings is 1. The zero-order valence-electron chi connectivity index (χ0n) is 13.7. The van der Waals surface area contributed by atoms with E-state index in [2.05, 4.69) is 58.6 Å². The fourth-order valence-corrected chi connectivity index (χ4v) is 3.16. The van der Waals surface area contributed by atoms with Gasteiger partial charge in [-0.15, -0.1) is 24.0 Å². The van der Waals surface area contributed by atoms with Crippen molar-refractivity contribution in [3.63, 3.8) is 0 Å². The molecule has 1 aromatic carbocycles. The predicted molar refractivity (Wildman–Crippen MR) is 104 cm³/mol. The van der Waals surface area contributed by atoms with Gasteiger partial charge in [0.25, 0.3) is 0 Å². The Bertz CT molecular complexity index is 531. The van der Waals surface area contributed by atoms with E-state index in [1.165, 1.54) is 17.7 Å². The van der Waals surface area contributed by atoms with E-state index in [1.807, 2.05) is 7.05 Å². The smallest absolute Gasteiger partial charge is 0.191 e. The van der Waals surface area contributed by atoms with Crippen LogP contribution in [0.4, 0.5) is 5.69 Å². The molecule has 3 rings (SSSR count). The van der Waals surface area contributed by atoms with Gasteiger partial charge in [0.1, 0.15) is 0 Å². The Balaban J connectivity index is 0.00000176. The van der Waals surface area contributed by atoms with Gasteiger partial charge in [-0.25, -0.2) is 0 Å². The predicted octanol–water partition coefficient (Wildman–Crippen LogP) is 2.63. The third-order valence-corrected chi connectivity index (χ3v) is 4.65. The van der Waals surface area contributed by atoms with Crippen LogP contribution in [0.2, 0.25) is 0 Å². The average molecular weight is 414 g/mol. The molecule has 0 amide bonds. The van der Waals surface area contributed by atoms with Gasteiger partial charge in [0.15, 0.2) is 5.96 Å². The maximum atomic E-state index is 4.31. The summed E-state index contributed by atoms with van der Waals surface area (Å²) in [5.74, 6) is 1.72. The summed E-state index contributed by atoms with van der Waals surface area (Å²) in [5, 5.41) is 6.90. The lowest BCUT2D eigenvalue weighted by Crippen LogP contribution is -2.43. The topological polar surface area (TPSA) is 39.7 Å². The molecule has 122 valence electrons. The zero-order valence-corrected chi connectivity index (χ0v) is 16.0.